The van der Waals surface area contributed by atoms with Crippen LogP contribution in [0, 0.1) is 6.92 Å². The van der Waals surface area contributed by atoms with Crippen LogP contribution in [0.1, 0.15) is 24.5 Å². The van der Waals surface area contributed by atoms with Crippen molar-refractivity contribution >= 4 is 22.4 Å². The number of nitrogens with two attached hydrogens (primary N) is 1. The number of benzene rings is 1. The Bertz CT molecular complexity index is 750. The van der Waals surface area contributed by atoms with Crippen LogP contribution < -0.4 is 11.1 Å². The molecule has 5 heteroatoms. The SMILES string of the molecule is Cc1ccc(C(C)Nc2ncnc3ccc(N)cc23)o1. The second-order valence-electron chi connectivity index (χ2n) is 4.81. The van der Waals surface area contributed by atoms with Crippen molar-refractivity contribution in [3.8, 4) is 0 Å². The van der Waals surface area contributed by atoms with Gasteiger partial charge in [0, 0.05) is 11.1 Å². The smallest absolute Gasteiger partial charge is 0.137 e. The minimum absolute atomic E-state index is 0.0169. The molecule has 0 aliphatic heterocycles. The van der Waals surface area contributed by atoms with Gasteiger partial charge in [0.15, 0.2) is 0 Å². The zero-order chi connectivity index (χ0) is 14.1. The van der Waals surface area contributed by atoms with Crippen molar-refractivity contribution in [3.05, 3.63) is 48.2 Å². The first-order valence-corrected chi connectivity index (χ1v) is 6.46. The van der Waals surface area contributed by atoms with Gasteiger partial charge in [0.2, 0.25) is 0 Å². The average Bonchev–Trinajstić information content (AvgIpc) is 2.86. The molecule has 0 radical (unpaired) electrons. The Kier molecular flexibility index (Phi) is 3.02. The highest BCUT2D eigenvalue weighted by atomic mass is 16.3. The number of nitrogens with one attached hydrogen (secondary N) is 1. The molecule has 0 bridgehead atoms. The second-order valence-corrected chi connectivity index (χ2v) is 4.81. The lowest BCUT2D eigenvalue weighted by atomic mass is 10.2. The van der Waals surface area contributed by atoms with E-state index < -0.39 is 0 Å². The molecule has 0 fully saturated rings. The third-order valence-corrected chi connectivity index (χ3v) is 3.20. The van der Waals surface area contributed by atoms with Crippen molar-refractivity contribution in [2.45, 2.75) is 19.9 Å². The van der Waals surface area contributed by atoms with Crippen LogP contribution in [0.3, 0.4) is 0 Å². The van der Waals surface area contributed by atoms with Crippen LogP contribution in [0.15, 0.2) is 41.1 Å². The molecule has 3 N–H and O–H groups in total. The topological polar surface area (TPSA) is 77.0 Å². The first-order valence-electron chi connectivity index (χ1n) is 6.46. The second kappa shape index (κ2) is 4.85. The van der Waals surface area contributed by atoms with Gasteiger partial charge in [-0.05, 0) is 44.2 Å². The molecule has 5 nitrogen and oxygen atoms in total. The molecule has 3 aromatic rings. The highest BCUT2D eigenvalue weighted by Crippen LogP contribution is 2.26. The van der Waals surface area contributed by atoms with Crippen molar-refractivity contribution in [2.75, 3.05) is 11.1 Å². The fraction of sp³-hybridized carbons (Fsp3) is 0.200. The van der Waals surface area contributed by atoms with Crippen LogP contribution in [-0.2, 0) is 0 Å². The third kappa shape index (κ3) is 2.30. The van der Waals surface area contributed by atoms with Gasteiger partial charge in [-0.3, -0.25) is 0 Å². The molecule has 3 rings (SSSR count). The highest BCUT2D eigenvalue weighted by molar-refractivity contribution is 5.91. The summed E-state index contributed by atoms with van der Waals surface area (Å²) in [5.41, 5.74) is 7.39. The Balaban J connectivity index is 1.96. The summed E-state index contributed by atoms with van der Waals surface area (Å²) in [6, 6.07) is 9.52. The summed E-state index contributed by atoms with van der Waals surface area (Å²) >= 11 is 0. The van der Waals surface area contributed by atoms with Gasteiger partial charge in [0.25, 0.3) is 0 Å². The van der Waals surface area contributed by atoms with Crippen molar-refractivity contribution in [2.24, 2.45) is 0 Å². The van der Waals surface area contributed by atoms with Gasteiger partial charge >= 0.3 is 0 Å². The first kappa shape index (κ1) is 12.5. The standard InChI is InChI=1S/C15H16N4O/c1-9-3-6-14(20-9)10(2)19-15-12-7-11(16)4-5-13(12)17-8-18-15/h3-8,10H,16H2,1-2H3,(H,17,18,19). The Morgan fingerprint density at radius 3 is 2.80 bits per heavy atom. The summed E-state index contributed by atoms with van der Waals surface area (Å²) in [4.78, 5) is 8.54. The molecule has 0 amide bonds. The van der Waals surface area contributed by atoms with Gasteiger partial charge in [0.05, 0.1) is 11.6 Å². The van der Waals surface area contributed by atoms with Crippen LogP contribution in [0.4, 0.5) is 11.5 Å². The number of furan rings is 1. The largest absolute Gasteiger partial charge is 0.464 e. The van der Waals surface area contributed by atoms with Crippen molar-refractivity contribution in [3.63, 3.8) is 0 Å². The molecule has 2 heterocycles. The van der Waals surface area contributed by atoms with E-state index in [0.29, 0.717) is 5.69 Å². The number of hydrogen-bond donors (Lipinski definition) is 2. The third-order valence-electron chi connectivity index (χ3n) is 3.20. The Morgan fingerprint density at radius 1 is 1.20 bits per heavy atom. The lowest BCUT2D eigenvalue weighted by Crippen LogP contribution is -2.08. The van der Waals surface area contributed by atoms with E-state index in [4.69, 9.17) is 10.2 Å². The molecule has 0 spiro atoms. The minimum atomic E-state index is 0.0169. The van der Waals surface area contributed by atoms with Crippen LogP contribution >= 0.6 is 0 Å². The molecule has 1 atom stereocenters. The van der Waals surface area contributed by atoms with Gasteiger partial charge in [0.1, 0.15) is 23.7 Å². The summed E-state index contributed by atoms with van der Waals surface area (Å²) in [5.74, 6) is 2.52. The summed E-state index contributed by atoms with van der Waals surface area (Å²) in [6.07, 6.45) is 1.54. The fourth-order valence-corrected chi connectivity index (χ4v) is 2.15. The number of hydrogen-bond acceptors (Lipinski definition) is 5. The maximum Gasteiger partial charge on any atom is 0.137 e. The van der Waals surface area contributed by atoms with Crippen molar-refractivity contribution in [1.82, 2.24) is 9.97 Å². The Morgan fingerprint density at radius 2 is 2.05 bits per heavy atom. The predicted molar refractivity (Wildman–Crippen MR) is 79.4 cm³/mol. The van der Waals surface area contributed by atoms with Gasteiger partial charge in [-0.2, -0.15) is 0 Å². The molecule has 0 aliphatic rings. The summed E-state index contributed by atoms with van der Waals surface area (Å²) in [5, 5.41) is 4.25. The summed E-state index contributed by atoms with van der Waals surface area (Å²) in [7, 11) is 0. The predicted octanol–water partition coefficient (Wildman–Crippen LogP) is 3.29. The minimum Gasteiger partial charge on any atom is -0.464 e. The van der Waals surface area contributed by atoms with Gasteiger partial charge < -0.3 is 15.5 Å². The maximum absolute atomic E-state index is 5.84. The number of fused-ring (bicyclic) bond motifs is 1. The summed E-state index contributed by atoms with van der Waals surface area (Å²) < 4.78 is 5.62. The van der Waals surface area contributed by atoms with Crippen molar-refractivity contribution in [1.29, 1.82) is 0 Å². The fourth-order valence-electron chi connectivity index (χ4n) is 2.15. The number of rotatable bonds is 3. The van der Waals surface area contributed by atoms with E-state index in [9.17, 15) is 0 Å². The first-order chi connectivity index (χ1) is 9.63. The number of aryl methyl sites for hydroxylation is 1. The molecule has 20 heavy (non-hydrogen) atoms. The van der Waals surface area contributed by atoms with E-state index in [1.54, 1.807) is 6.33 Å². The van der Waals surface area contributed by atoms with Crippen LogP contribution in [0.5, 0.6) is 0 Å². The number of anilines is 2. The number of nitrogen functional groups attached to an aromatic ring is 1. The molecule has 102 valence electrons. The van der Waals surface area contributed by atoms with Gasteiger partial charge in [-0.15, -0.1) is 0 Å². The molecular formula is C15H16N4O. The molecule has 0 aliphatic carbocycles. The molecular weight excluding hydrogens is 252 g/mol. The van der Waals surface area contributed by atoms with Crippen LogP contribution in [0.2, 0.25) is 0 Å². The molecule has 1 aromatic carbocycles. The monoisotopic (exact) mass is 268 g/mol. The van der Waals surface area contributed by atoms with Crippen LogP contribution in [0.25, 0.3) is 10.9 Å². The lowest BCUT2D eigenvalue weighted by molar-refractivity contribution is 0.466. The zero-order valence-electron chi connectivity index (χ0n) is 11.4. The van der Waals surface area contributed by atoms with E-state index in [1.165, 1.54) is 0 Å². The molecule has 0 saturated carbocycles. The molecule has 1 unspecified atom stereocenters. The van der Waals surface area contributed by atoms with Gasteiger partial charge in [-0.1, -0.05) is 0 Å². The lowest BCUT2D eigenvalue weighted by Gasteiger charge is -2.13. The van der Waals surface area contributed by atoms with Gasteiger partial charge in [-0.25, -0.2) is 9.97 Å². The van der Waals surface area contributed by atoms with Crippen LogP contribution in [-0.4, -0.2) is 9.97 Å². The Labute approximate surface area is 116 Å². The normalized spacial score (nSPS) is 12.5. The van der Waals surface area contributed by atoms with E-state index in [0.717, 1.165) is 28.2 Å². The van der Waals surface area contributed by atoms with E-state index in [2.05, 4.69) is 15.3 Å². The molecule has 2 aromatic heterocycles. The van der Waals surface area contributed by atoms with E-state index in [1.807, 2.05) is 44.2 Å². The van der Waals surface area contributed by atoms with Crippen molar-refractivity contribution < 1.29 is 4.42 Å². The van der Waals surface area contributed by atoms with E-state index >= 15 is 0 Å². The summed E-state index contributed by atoms with van der Waals surface area (Å²) in [6.45, 7) is 3.95. The zero-order valence-corrected chi connectivity index (χ0v) is 11.4. The van der Waals surface area contributed by atoms with E-state index in [-0.39, 0.29) is 6.04 Å². The average molecular weight is 268 g/mol. The number of aromatic nitrogens is 2. The highest BCUT2D eigenvalue weighted by Gasteiger charge is 2.12. The quantitative estimate of drug-likeness (QED) is 0.713. The number of nitrogens with zero attached hydrogens (tertiary/aromatic N) is 2. The Hall–Kier alpha value is -2.56. The maximum atomic E-state index is 5.84. The molecule has 0 saturated heterocycles.